The molecular weight excluding hydrogens is 873 g/mol. The second-order valence-corrected chi connectivity index (χ2v) is 12.4. The van der Waals surface area contributed by atoms with Crippen molar-refractivity contribution >= 4 is 89.6 Å². The van der Waals surface area contributed by atoms with Gasteiger partial charge in [-0.05, 0) is 0 Å². The van der Waals surface area contributed by atoms with Crippen LogP contribution in [-0.4, -0.2) is 93.1 Å². The summed E-state index contributed by atoms with van der Waals surface area (Å²) in [7, 11) is 0. The van der Waals surface area contributed by atoms with Crippen molar-refractivity contribution in [1.82, 2.24) is 39.9 Å². The van der Waals surface area contributed by atoms with Gasteiger partial charge in [0.15, 0.2) is 23.3 Å². The van der Waals surface area contributed by atoms with Gasteiger partial charge in [-0.2, -0.15) is 0 Å². The van der Waals surface area contributed by atoms with E-state index in [-0.39, 0.29) is 17.1 Å². The number of nitrogens with zero attached hydrogens (tertiary/aromatic N) is 6. The van der Waals surface area contributed by atoms with Crippen LogP contribution in [0, 0.1) is 0 Å². The number of benzene rings is 4. The normalized spacial score (nSPS) is 12.8. The summed E-state index contributed by atoms with van der Waals surface area (Å²) in [5, 5.41) is 3.82. The number of hydrogen-bond donors (Lipinski definition) is 6. The van der Waals surface area contributed by atoms with Crippen LogP contribution in [0.4, 0.5) is 0 Å². The third kappa shape index (κ3) is 11.6. The monoisotopic (exact) mass is 894 g/mol. The van der Waals surface area contributed by atoms with Crippen LogP contribution >= 0.6 is 0 Å². The Bertz CT molecular complexity index is 2440. The maximum Gasteiger partial charge on any atom is 4.00 e. The Labute approximate surface area is 340 Å². The molecule has 57 heavy (non-hydrogen) atoms. The van der Waals surface area contributed by atoms with E-state index in [0.717, 1.165) is 43.8 Å². The predicted octanol–water partition coefficient (Wildman–Crippen LogP) is 4.22. The minimum Gasteiger partial charge on any atom is -0.750 e. The van der Waals surface area contributed by atoms with E-state index < -0.39 is 45.4 Å². The van der Waals surface area contributed by atoms with E-state index in [1.807, 2.05) is 97.1 Å². The Balaban J connectivity index is 0.000000366. The molecule has 3 aromatic heterocycles. The summed E-state index contributed by atoms with van der Waals surface area (Å²) in [5.74, 6) is 2.39. The van der Waals surface area contributed by atoms with Crippen molar-refractivity contribution in [1.29, 1.82) is 0 Å². The molecule has 8 bridgehead atoms. The summed E-state index contributed by atoms with van der Waals surface area (Å²) in [6, 6.07) is 32.2. The number of fused-ring (bicyclic) bond motifs is 20. The third-order valence-corrected chi connectivity index (χ3v) is 7.46. The van der Waals surface area contributed by atoms with Crippen LogP contribution in [0.5, 0.6) is 0 Å². The van der Waals surface area contributed by atoms with Crippen molar-refractivity contribution in [2.45, 2.75) is 0 Å². The summed E-state index contributed by atoms with van der Waals surface area (Å²) in [6.45, 7) is 0. The molecule has 0 aliphatic carbocycles. The number of aromatic amines is 2. The number of H-pyrrole nitrogens is 2. The smallest absolute Gasteiger partial charge is 0.750 e. The summed E-state index contributed by atoms with van der Waals surface area (Å²) < 4.78 is 96.3. The number of nitrogens with one attached hydrogen (secondary N) is 2. The van der Waals surface area contributed by atoms with Crippen LogP contribution in [0.3, 0.4) is 0 Å². The summed E-state index contributed by atoms with van der Waals surface area (Å²) >= 11 is -11.4. The van der Waals surface area contributed by atoms with Crippen molar-refractivity contribution in [3.63, 3.8) is 0 Å². The molecule has 6 N–H and O–H groups in total. The van der Waals surface area contributed by atoms with Gasteiger partial charge in [0.2, 0.25) is 0 Å². The van der Waals surface area contributed by atoms with Crippen molar-refractivity contribution in [3.8, 4) is 45.6 Å². The second-order valence-electron chi connectivity index (χ2n) is 10.7. The fraction of sp³-hybridized carbons (Fsp3) is 0. The number of hydrogen-bond acceptors (Lipinski definition) is 14. The second kappa shape index (κ2) is 20.5. The molecule has 7 aromatic rings. The first-order valence-corrected chi connectivity index (χ1v) is 19.2. The van der Waals surface area contributed by atoms with Crippen LogP contribution in [0.15, 0.2) is 97.1 Å². The molecule has 294 valence electrons. The van der Waals surface area contributed by atoms with Gasteiger partial charge in [-0.1, -0.05) is 97.1 Å². The van der Waals surface area contributed by atoms with Gasteiger partial charge in [-0.25, -0.2) is 46.7 Å². The van der Waals surface area contributed by atoms with Crippen molar-refractivity contribution in [2.24, 2.45) is 0 Å². The van der Waals surface area contributed by atoms with Gasteiger partial charge in [-0.3, -0.25) is 0 Å². The molecule has 0 fully saturated rings. The minimum absolute atomic E-state index is 0. The van der Waals surface area contributed by atoms with Crippen molar-refractivity contribution in [2.75, 3.05) is 0 Å². The zero-order valence-corrected chi connectivity index (χ0v) is 32.3. The fourth-order valence-corrected chi connectivity index (χ4v) is 5.59. The fourth-order valence-electron chi connectivity index (χ4n) is 5.59. The van der Waals surface area contributed by atoms with Crippen LogP contribution in [0.2, 0.25) is 0 Å². The molecule has 20 nitrogen and oxygen atoms in total. The van der Waals surface area contributed by atoms with E-state index in [0.29, 0.717) is 45.9 Å². The minimum atomic E-state index is -2.86. The molecule has 9 rings (SSSR count). The maximum absolute atomic E-state index is 8.56. The van der Waals surface area contributed by atoms with Crippen LogP contribution < -0.4 is 0 Å². The zero-order valence-electron chi connectivity index (χ0n) is 28.0. The predicted molar refractivity (Wildman–Crippen MR) is 202 cm³/mol. The Morgan fingerprint density at radius 1 is 0.368 bits per heavy atom. The Hall–Kier alpha value is -4.96. The average molecular weight is 895 g/mol. The van der Waals surface area contributed by atoms with Crippen LogP contribution in [0.1, 0.15) is 0 Å². The van der Waals surface area contributed by atoms with E-state index in [2.05, 4.69) is 9.97 Å². The standard InChI is InChI=1S/C32H18N8.Fe.4H2O3S/c1-2-10-18-17(9-1)25-33-26(18)38-28-21-13-5-6-14-22(21)30(35-28)40-32-24-16-8-7-15-23(24)31(36-32)39-29-20-12-4-3-11-19(20)27(34-29)37-25;;4*1-4(2)3/h1-16H,(H2,33,34,35,36,37,38,39,40);;4*(H2,1,2,3)/q;+4;;;;/p-4. The van der Waals surface area contributed by atoms with Crippen LogP contribution in [0.25, 0.3) is 89.7 Å². The first kappa shape index (κ1) is 44.8. The topological polar surface area (TPSA) is 350 Å². The van der Waals surface area contributed by atoms with E-state index in [9.17, 15) is 0 Å². The number of aromatic nitrogens is 8. The zero-order chi connectivity index (χ0) is 40.5. The van der Waals surface area contributed by atoms with Crippen molar-refractivity contribution < 1.29 is 70.3 Å². The molecule has 4 atom stereocenters. The van der Waals surface area contributed by atoms with E-state index in [1.54, 1.807) is 0 Å². The van der Waals surface area contributed by atoms with Gasteiger partial charge in [0.1, 0.15) is 22.6 Å². The molecule has 0 spiro atoms. The summed E-state index contributed by atoms with van der Waals surface area (Å²) in [6.07, 6.45) is 0. The molecule has 2 aliphatic rings. The first-order chi connectivity index (χ1) is 26.7. The molecule has 0 saturated carbocycles. The molecule has 5 heterocycles. The summed E-state index contributed by atoms with van der Waals surface area (Å²) in [5.41, 5.74) is 6.45. The molecule has 0 saturated heterocycles. The molecule has 2 aliphatic heterocycles. The van der Waals surface area contributed by atoms with Crippen molar-refractivity contribution in [3.05, 3.63) is 97.1 Å². The van der Waals surface area contributed by atoms with Gasteiger partial charge < -0.3 is 46.4 Å². The van der Waals surface area contributed by atoms with Gasteiger partial charge in [-0.15, -0.1) is 0 Å². The maximum atomic E-state index is 8.56. The van der Waals surface area contributed by atoms with Gasteiger partial charge in [0.05, 0.1) is 45.4 Å². The molecule has 4 aromatic carbocycles. The molecular formula is C32H22FeN8O12S4. The SMILES string of the molecule is O=S([O-])O.O=S([O-])O.O=S([O-])O.O=S([O-])O.[Fe+4].c1ccc2c(c1)-c1nc-2nc2[nH]c(nc3nc(nc4[nH]c(n1)c1ccccc41)-c1ccccc1-3)c1ccccc21. The number of rotatable bonds is 0. The Morgan fingerprint density at radius 3 is 0.737 bits per heavy atom. The Morgan fingerprint density at radius 2 is 0.544 bits per heavy atom. The first-order valence-electron chi connectivity index (χ1n) is 15.1. The van der Waals surface area contributed by atoms with E-state index in [4.69, 9.17) is 83.2 Å². The molecule has 4 unspecified atom stereocenters. The van der Waals surface area contributed by atoms with Gasteiger partial charge in [0, 0.05) is 43.8 Å². The molecule has 0 radical (unpaired) electrons. The van der Waals surface area contributed by atoms with E-state index >= 15 is 0 Å². The van der Waals surface area contributed by atoms with E-state index in [1.165, 1.54) is 0 Å². The van der Waals surface area contributed by atoms with Crippen LogP contribution in [-0.2, 0) is 62.5 Å². The Kier molecular flexibility index (Phi) is 16.1. The quantitative estimate of drug-likeness (QED) is 0.0916. The van der Waals surface area contributed by atoms with Gasteiger partial charge in [0.25, 0.3) is 0 Å². The average Bonchev–Trinajstić information content (AvgIpc) is 3.87. The molecule has 25 heteroatoms. The summed E-state index contributed by atoms with van der Waals surface area (Å²) in [4.78, 5) is 36.8. The molecule has 0 amide bonds. The third-order valence-electron chi connectivity index (χ3n) is 7.46. The van der Waals surface area contributed by atoms with Gasteiger partial charge >= 0.3 is 17.1 Å². The largest absolute Gasteiger partial charge is 4.00 e.